The number of nitrogens with zero attached hydrogens (tertiary/aromatic N) is 2. The van der Waals surface area contributed by atoms with Crippen LogP contribution >= 0.6 is 23.1 Å². The minimum absolute atomic E-state index is 0.163. The summed E-state index contributed by atoms with van der Waals surface area (Å²) >= 11 is 2.38. The van der Waals surface area contributed by atoms with Crippen LogP contribution in [0.25, 0.3) is 6.08 Å². The molecule has 14 heteroatoms. The van der Waals surface area contributed by atoms with Gasteiger partial charge in [0.2, 0.25) is 0 Å². The van der Waals surface area contributed by atoms with Gasteiger partial charge in [0.15, 0.2) is 28.9 Å². The predicted octanol–water partition coefficient (Wildman–Crippen LogP) is 3.62. The lowest BCUT2D eigenvalue weighted by atomic mass is 9.99. The normalized spacial score (nSPS) is 24.3. The SMILES string of the molecule is CC(=O)OC[C@@H]1O[C@@H](SC2=N/C(=C\c3cccs3)C(=O)N2c2ccc(C)cc2)[C@H](OC(C)=O)[C@H](OC(C)=O)[C@H]1OC(C)=O. The first-order valence-electron chi connectivity index (χ1n) is 13.1. The maximum Gasteiger partial charge on any atom is 0.303 e. The molecule has 43 heavy (non-hydrogen) atoms. The first kappa shape index (κ1) is 31.9. The standard InChI is InChI=1S/C29H30N2O10S2/c1-15-8-10-20(11-9-15)31-27(36)22(13-21-7-6-12-42-21)30-29(31)43-28-26(40-19(5)35)25(39-18(4)34)24(38-17(3)33)23(41-28)14-37-16(2)32/h6-13,23-26,28H,14H2,1-5H3/b22-13-/t23-,24-,25+,26+,28-/m0/s1. The summed E-state index contributed by atoms with van der Waals surface area (Å²) in [7, 11) is 0. The summed E-state index contributed by atoms with van der Waals surface area (Å²) in [6.45, 7) is 6.20. The summed E-state index contributed by atoms with van der Waals surface area (Å²) in [6.07, 6.45) is -3.42. The van der Waals surface area contributed by atoms with Crippen LogP contribution < -0.4 is 4.90 Å². The summed E-state index contributed by atoms with van der Waals surface area (Å²) < 4.78 is 27.9. The molecule has 12 nitrogen and oxygen atoms in total. The van der Waals surface area contributed by atoms with Gasteiger partial charge in [0.05, 0.1) is 5.69 Å². The fraction of sp³-hybridized carbons (Fsp3) is 0.379. The Morgan fingerprint density at radius 1 is 0.930 bits per heavy atom. The molecule has 1 saturated heterocycles. The van der Waals surface area contributed by atoms with Gasteiger partial charge in [-0.1, -0.05) is 35.5 Å². The number of aliphatic imine (C=N–C) groups is 1. The van der Waals surface area contributed by atoms with Crippen LogP contribution in [0.4, 0.5) is 5.69 Å². The van der Waals surface area contributed by atoms with Gasteiger partial charge in [-0.15, -0.1) is 11.3 Å². The zero-order valence-electron chi connectivity index (χ0n) is 24.0. The van der Waals surface area contributed by atoms with Gasteiger partial charge in [-0.2, -0.15) is 0 Å². The average Bonchev–Trinajstić information content (AvgIpc) is 3.54. The van der Waals surface area contributed by atoms with Crippen LogP contribution in [0.3, 0.4) is 0 Å². The smallest absolute Gasteiger partial charge is 0.303 e. The molecule has 0 radical (unpaired) electrons. The van der Waals surface area contributed by atoms with Crippen LogP contribution in [-0.4, -0.2) is 71.4 Å². The average molecular weight is 631 g/mol. The first-order valence-corrected chi connectivity index (χ1v) is 14.9. The van der Waals surface area contributed by atoms with E-state index in [2.05, 4.69) is 4.99 Å². The number of ether oxygens (including phenoxy) is 5. The highest BCUT2D eigenvalue weighted by molar-refractivity contribution is 8.14. The van der Waals surface area contributed by atoms with Crippen molar-refractivity contribution in [2.45, 2.75) is 64.5 Å². The molecule has 2 aromatic rings. The minimum Gasteiger partial charge on any atom is -0.463 e. The number of carbonyl (C=O) groups excluding carboxylic acids is 5. The molecule has 228 valence electrons. The maximum absolute atomic E-state index is 13.7. The van der Waals surface area contributed by atoms with Crippen molar-refractivity contribution in [1.29, 1.82) is 0 Å². The van der Waals surface area contributed by atoms with E-state index in [-0.39, 0.29) is 17.5 Å². The molecule has 1 amide bonds. The molecule has 1 aromatic carbocycles. The van der Waals surface area contributed by atoms with Crippen LogP contribution in [0.2, 0.25) is 0 Å². The lowest BCUT2D eigenvalue weighted by Gasteiger charge is -2.44. The molecule has 0 saturated carbocycles. The highest BCUT2D eigenvalue weighted by Gasteiger charge is 2.53. The monoisotopic (exact) mass is 630 g/mol. The van der Waals surface area contributed by atoms with E-state index in [1.807, 2.05) is 36.6 Å². The highest BCUT2D eigenvalue weighted by Crippen LogP contribution is 2.39. The van der Waals surface area contributed by atoms with Gasteiger partial charge in [0.1, 0.15) is 18.4 Å². The minimum atomic E-state index is -1.34. The molecule has 1 fully saturated rings. The van der Waals surface area contributed by atoms with Crippen LogP contribution in [0.5, 0.6) is 0 Å². The van der Waals surface area contributed by atoms with Crippen LogP contribution in [-0.2, 0) is 47.7 Å². The number of amides is 1. The predicted molar refractivity (Wildman–Crippen MR) is 158 cm³/mol. The lowest BCUT2D eigenvalue weighted by molar-refractivity contribution is -0.237. The van der Waals surface area contributed by atoms with Crippen molar-refractivity contribution in [2.75, 3.05) is 11.5 Å². The molecular formula is C29H30N2O10S2. The van der Waals surface area contributed by atoms with Crippen molar-refractivity contribution in [3.8, 4) is 0 Å². The summed E-state index contributed by atoms with van der Waals surface area (Å²) in [5.74, 6) is -3.22. The molecule has 0 aliphatic carbocycles. The van der Waals surface area contributed by atoms with Gasteiger partial charge >= 0.3 is 23.9 Å². The van der Waals surface area contributed by atoms with Crippen molar-refractivity contribution >= 4 is 69.8 Å². The van der Waals surface area contributed by atoms with E-state index >= 15 is 0 Å². The Kier molecular flexibility index (Phi) is 10.4. The van der Waals surface area contributed by atoms with Gasteiger partial charge in [0, 0.05) is 32.6 Å². The Morgan fingerprint density at radius 2 is 1.56 bits per heavy atom. The zero-order valence-corrected chi connectivity index (χ0v) is 25.6. The van der Waals surface area contributed by atoms with Crippen LogP contribution in [0, 0.1) is 6.92 Å². The molecule has 2 aliphatic rings. The molecule has 0 N–H and O–H groups in total. The molecule has 4 rings (SSSR count). The van der Waals surface area contributed by atoms with Crippen LogP contribution in [0.15, 0.2) is 52.5 Å². The third-order valence-electron chi connectivity index (χ3n) is 6.11. The molecule has 0 bridgehead atoms. The Balaban J connectivity index is 1.78. The number of carbonyl (C=O) groups is 5. The highest BCUT2D eigenvalue weighted by atomic mass is 32.2. The van der Waals surface area contributed by atoms with E-state index in [0.717, 1.165) is 43.0 Å². The van der Waals surface area contributed by atoms with E-state index in [0.29, 0.717) is 5.69 Å². The van der Waals surface area contributed by atoms with Gasteiger partial charge in [-0.25, -0.2) is 4.99 Å². The Bertz CT molecular complexity index is 1440. The van der Waals surface area contributed by atoms with Crippen molar-refractivity contribution in [1.82, 2.24) is 0 Å². The number of thiophene rings is 1. The summed E-state index contributed by atoms with van der Waals surface area (Å²) in [5.41, 5.74) is 0.523. The molecule has 0 unspecified atom stereocenters. The van der Waals surface area contributed by atoms with Gasteiger partial charge < -0.3 is 23.7 Å². The molecule has 0 spiro atoms. The van der Waals surface area contributed by atoms with E-state index < -0.39 is 59.6 Å². The van der Waals surface area contributed by atoms with E-state index in [4.69, 9.17) is 23.7 Å². The summed E-state index contributed by atoms with van der Waals surface area (Å²) in [4.78, 5) is 68.6. The van der Waals surface area contributed by atoms with E-state index in [9.17, 15) is 24.0 Å². The number of esters is 4. The van der Waals surface area contributed by atoms with E-state index in [1.54, 1.807) is 18.2 Å². The fourth-order valence-electron chi connectivity index (χ4n) is 4.39. The molecule has 2 aliphatic heterocycles. The number of anilines is 1. The molecule has 3 heterocycles. The number of hydrogen-bond acceptors (Lipinski definition) is 13. The van der Waals surface area contributed by atoms with Crippen molar-refractivity contribution in [2.24, 2.45) is 4.99 Å². The van der Waals surface area contributed by atoms with Gasteiger partial charge in [0.25, 0.3) is 5.91 Å². The second kappa shape index (κ2) is 14.0. The number of aryl methyl sites for hydroxylation is 1. The number of benzene rings is 1. The van der Waals surface area contributed by atoms with E-state index in [1.165, 1.54) is 23.2 Å². The Labute approximate surface area is 256 Å². The second-order valence-electron chi connectivity index (χ2n) is 9.60. The first-order chi connectivity index (χ1) is 20.4. The van der Waals surface area contributed by atoms with Crippen molar-refractivity contribution < 1.29 is 47.7 Å². The topological polar surface area (TPSA) is 147 Å². The van der Waals surface area contributed by atoms with Gasteiger partial charge in [-0.3, -0.25) is 28.9 Å². The Hall–Kier alpha value is -4.01. The van der Waals surface area contributed by atoms with Gasteiger partial charge in [-0.05, 0) is 36.6 Å². The van der Waals surface area contributed by atoms with Crippen molar-refractivity contribution in [3.05, 3.63) is 57.9 Å². The second-order valence-corrected chi connectivity index (χ2v) is 11.6. The Morgan fingerprint density at radius 3 is 2.14 bits per heavy atom. The number of rotatable bonds is 8. The fourth-order valence-corrected chi connectivity index (χ4v) is 6.24. The molecular weight excluding hydrogens is 600 g/mol. The molecule has 1 aromatic heterocycles. The number of hydrogen-bond donors (Lipinski definition) is 0. The quantitative estimate of drug-likeness (QED) is 0.239. The molecule has 5 atom stereocenters. The third-order valence-corrected chi connectivity index (χ3v) is 8.03. The van der Waals surface area contributed by atoms with Crippen LogP contribution in [0.1, 0.15) is 38.1 Å². The largest absolute Gasteiger partial charge is 0.463 e. The number of amidine groups is 1. The maximum atomic E-state index is 13.7. The summed E-state index contributed by atoms with van der Waals surface area (Å²) in [5, 5.41) is 2.07. The summed E-state index contributed by atoms with van der Waals surface area (Å²) in [6, 6.07) is 10.9. The lowest BCUT2D eigenvalue weighted by Crippen LogP contribution is -2.61. The third kappa shape index (κ3) is 8.09. The number of thioether (sulfide) groups is 1. The van der Waals surface area contributed by atoms with Crippen molar-refractivity contribution in [3.63, 3.8) is 0 Å². The zero-order chi connectivity index (χ0) is 31.3.